The lowest BCUT2D eigenvalue weighted by Gasteiger charge is -2.42. The lowest BCUT2D eigenvalue weighted by atomic mass is 9.90. The normalized spacial score (nSPS) is 22.9. The number of piperazine rings is 3. The summed E-state index contributed by atoms with van der Waals surface area (Å²) in [7, 11) is 6.24. The van der Waals surface area contributed by atoms with E-state index in [-0.39, 0.29) is 116 Å². The minimum atomic E-state index is -0.977. The van der Waals surface area contributed by atoms with Crippen LogP contribution in [-0.2, 0) is 53.3 Å². The van der Waals surface area contributed by atoms with E-state index < -0.39 is 29.5 Å². The van der Waals surface area contributed by atoms with Gasteiger partial charge in [0.2, 0.25) is 23.7 Å². The van der Waals surface area contributed by atoms with Crippen LogP contribution in [0, 0.1) is 51.4 Å². The summed E-state index contributed by atoms with van der Waals surface area (Å²) >= 11 is 6.55. The minimum Gasteiger partial charge on any atom is -0.462 e. The van der Waals surface area contributed by atoms with Gasteiger partial charge in [0.1, 0.15) is 36.5 Å². The number of nitrogens with one attached hydrogen (secondary N) is 1. The molecule has 2 unspecified atom stereocenters. The highest BCUT2D eigenvalue weighted by Gasteiger charge is 2.41. The van der Waals surface area contributed by atoms with Crippen LogP contribution in [0.1, 0.15) is 102 Å². The van der Waals surface area contributed by atoms with E-state index in [4.69, 9.17) is 51.0 Å². The third-order valence-corrected chi connectivity index (χ3v) is 26.3. The molecule has 0 bridgehead atoms. The molecule has 6 fully saturated rings. The Balaban J connectivity index is 0.627. The second kappa shape index (κ2) is 35.3. The van der Waals surface area contributed by atoms with Crippen molar-refractivity contribution >= 4 is 80.6 Å². The fourth-order valence-corrected chi connectivity index (χ4v) is 19.8. The zero-order valence-corrected chi connectivity index (χ0v) is 68.4. The van der Waals surface area contributed by atoms with E-state index >= 15 is 8.78 Å². The van der Waals surface area contributed by atoms with E-state index in [1.807, 2.05) is 16.8 Å². The van der Waals surface area contributed by atoms with Gasteiger partial charge in [0, 0.05) is 144 Å². The maximum atomic E-state index is 16.8. The van der Waals surface area contributed by atoms with Crippen LogP contribution in [0.5, 0.6) is 12.0 Å². The smallest absolute Gasteiger partial charge is 0.318 e. The largest absolute Gasteiger partial charge is 0.462 e. The van der Waals surface area contributed by atoms with Crippen LogP contribution in [0.4, 0.5) is 53.6 Å². The number of carbonyl (C=O) groups excluding carboxylic acids is 3. The summed E-state index contributed by atoms with van der Waals surface area (Å²) in [5, 5.41) is 35.8. The van der Waals surface area contributed by atoms with Crippen LogP contribution in [0.2, 0.25) is 5.02 Å². The summed E-state index contributed by atoms with van der Waals surface area (Å²) in [6, 6.07) is 26.9. The van der Waals surface area contributed by atoms with Crippen molar-refractivity contribution < 1.29 is 37.0 Å². The van der Waals surface area contributed by atoms with Gasteiger partial charge >= 0.3 is 12.0 Å². The van der Waals surface area contributed by atoms with Gasteiger partial charge in [-0.2, -0.15) is 40.7 Å². The number of aromatic nitrogens is 6. The summed E-state index contributed by atoms with van der Waals surface area (Å²) in [4.78, 5) is 94.6. The minimum absolute atomic E-state index is 0.00743. The van der Waals surface area contributed by atoms with Crippen LogP contribution in [-0.4, -0.2) is 252 Å². The van der Waals surface area contributed by atoms with Crippen molar-refractivity contribution in [2.45, 2.75) is 132 Å². The first-order valence-electron chi connectivity index (χ1n) is 41.4. The molecular formula is C88H100ClF3N22O5. The summed E-state index contributed by atoms with van der Waals surface area (Å²) < 4.78 is 61.6. The van der Waals surface area contributed by atoms with Crippen LogP contribution in [0.25, 0.3) is 10.8 Å². The maximum Gasteiger partial charge on any atom is 0.318 e. The van der Waals surface area contributed by atoms with Gasteiger partial charge in [0.05, 0.1) is 109 Å². The molecule has 620 valence electrons. The third-order valence-electron chi connectivity index (χ3n) is 26.0. The third kappa shape index (κ3) is 16.7. The number of halogens is 4. The van der Waals surface area contributed by atoms with Crippen molar-refractivity contribution in [2.24, 2.45) is 0 Å². The van der Waals surface area contributed by atoms with Crippen molar-refractivity contribution in [3.05, 3.63) is 172 Å². The van der Waals surface area contributed by atoms with E-state index in [1.54, 1.807) is 32.9 Å². The zero-order valence-electron chi connectivity index (χ0n) is 67.7. The highest BCUT2D eigenvalue weighted by atomic mass is 35.5. The molecule has 1 N–H and O–H groups in total. The first-order chi connectivity index (χ1) is 57.8. The Morgan fingerprint density at radius 2 is 0.992 bits per heavy atom. The van der Waals surface area contributed by atoms with E-state index in [1.165, 1.54) is 41.3 Å². The maximum absolute atomic E-state index is 16.8. The number of nitrogens with zero attached hydrogens (tertiary/aromatic N) is 21. The van der Waals surface area contributed by atoms with Gasteiger partial charge in [-0.05, 0) is 150 Å². The zero-order chi connectivity index (χ0) is 82.9. The van der Waals surface area contributed by atoms with Crippen molar-refractivity contribution in [3.8, 4) is 30.2 Å². The Morgan fingerprint density at radius 1 is 0.504 bits per heavy atom. The molecule has 16 rings (SSSR count). The van der Waals surface area contributed by atoms with Gasteiger partial charge < -0.3 is 63.8 Å². The van der Waals surface area contributed by atoms with Crippen molar-refractivity contribution in [3.63, 3.8) is 0 Å². The molecule has 12 heterocycles. The second-order valence-corrected chi connectivity index (χ2v) is 33.3. The topological polar surface area (TPSA) is 269 Å². The molecule has 6 saturated heterocycles. The van der Waals surface area contributed by atoms with Gasteiger partial charge in [-0.1, -0.05) is 67.7 Å². The molecule has 31 heteroatoms. The van der Waals surface area contributed by atoms with Crippen molar-refractivity contribution in [1.29, 1.82) is 15.8 Å². The highest BCUT2D eigenvalue weighted by molar-refractivity contribution is 6.33. The molecular weight excluding hydrogens is 1540 g/mol. The molecule has 0 saturated carbocycles. The Hall–Kier alpha value is -11.4. The SMILES string of the molecule is C=CC(=O)N1CCN(c2nc(NC[C@@H]3CCCN3C)nc3c2CCN(c2ccc(C4C[C@@H](COc5nc6c(c(N7CCN(C(=O)C=C)[C@@H](CC#N)C7)n5)CCN(c5cc(C7C[C@@H](COc8nc9c(c(N%10CCN(C(=O)C=C)[C@@H](CC#N)C%10)n8)CCN(c8cccc(F)c8Cl)C9)N(C)C7)cc(F)c5F)C6)N(C)C4)c4ccccc24)C3)C[C@@H]1CC#N. The van der Waals surface area contributed by atoms with Crippen LogP contribution in [0.3, 0.4) is 0 Å². The number of hydrogen-bond donors (Lipinski definition) is 1. The number of fused-ring (bicyclic) bond motifs is 4. The quantitative estimate of drug-likeness (QED) is 0.0584. The number of likely N-dealkylation sites (tertiary alicyclic amines) is 3. The van der Waals surface area contributed by atoms with E-state index in [2.05, 4.69) is 128 Å². The number of benzene rings is 4. The molecule has 0 radical (unpaired) electrons. The number of nitriles is 3. The molecule has 119 heavy (non-hydrogen) atoms. The second-order valence-electron chi connectivity index (χ2n) is 32.9. The molecule has 3 aromatic heterocycles. The average Bonchev–Trinajstić information content (AvgIpc) is 1.66. The van der Waals surface area contributed by atoms with E-state index in [0.717, 1.165) is 78.2 Å². The van der Waals surface area contributed by atoms with Crippen LogP contribution in [0.15, 0.2) is 105 Å². The first-order valence-corrected chi connectivity index (χ1v) is 41.8. The molecule has 4 aromatic carbocycles. The van der Waals surface area contributed by atoms with Crippen molar-refractivity contribution in [1.82, 2.24) is 59.3 Å². The number of anilines is 7. The lowest BCUT2D eigenvalue weighted by molar-refractivity contribution is -0.129. The van der Waals surface area contributed by atoms with Gasteiger partial charge in [0.15, 0.2) is 11.6 Å². The molecule has 0 spiro atoms. The fourth-order valence-electron chi connectivity index (χ4n) is 19.5. The highest BCUT2D eigenvalue weighted by Crippen LogP contribution is 2.44. The van der Waals surface area contributed by atoms with Gasteiger partial charge in [-0.25, -0.2) is 18.2 Å². The standard InChI is InChI=1S/C88H100ClF3N22O5/c1-7-78(115)112-37-34-109(47-59(112)21-27-93)83-67-24-31-106(50-72(67)97-86(100-83)96-44-58-14-13-30-103(58)4)75-20-19-64(65-15-10-11-16-66(65)75)57-41-63(105(6)46-57)54-119-88-99-74-52-108(33-26-69(74)85(102-88)111-36-39-114(80(117)9-3)61(49-111)23-29-95)77-43-55(42-71(91)82(77)92)56-40-62(104(5)45-56)53-118-87-98-73-51-107(76-18-12-17-70(90)81(76)89)32-25-68(73)84(101-87)110-35-38-113(79(116)8-2)60(48-110)22-28-94/h7-12,15-20,42-43,56-63H,1-3,13-14,21-26,30-41,44-54H2,4-6H3,(H,96,97,100)/t56?,57?,58-,59-,60-,61-,62-,63-/m0/s1. The van der Waals surface area contributed by atoms with E-state index in [9.17, 15) is 34.6 Å². The first kappa shape index (κ1) is 81.4. The van der Waals surface area contributed by atoms with Gasteiger partial charge in [-0.3, -0.25) is 24.2 Å². The molecule has 0 aliphatic carbocycles. The number of likely N-dealkylation sites (N-methyl/N-ethyl adjacent to an activating group) is 3. The predicted molar refractivity (Wildman–Crippen MR) is 449 cm³/mol. The monoisotopic (exact) mass is 1640 g/mol. The molecule has 3 amide bonds. The molecule has 9 aliphatic rings. The summed E-state index contributed by atoms with van der Waals surface area (Å²) in [6.45, 7) is 20.7. The number of ether oxygens (including phenoxy) is 2. The van der Waals surface area contributed by atoms with Crippen LogP contribution >= 0.6 is 11.6 Å². The Morgan fingerprint density at radius 3 is 1.50 bits per heavy atom. The number of amides is 3. The average molecular weight is 1640 g/mol. The summed E-state index contributed by atoms with van der Waals surface area (Å²) in [6.07, 6.45) is 9.34. The molecule has 7 aromatic rings. The molecule has 8 atom stereocenters. The predicted octanol–water partition coefficient (Wildman–Crippen LogP) is 9.56. The fraction of sp³-hybridized carbons (Fsp3) is 0.477. The Labute approximate surface area is 697 Å². The van der Waals surface area contributed by atoms with Gasteiger partial charge in [0.25, 0.3) is 0 Å². The van der Waals surface area contributed by atoms with Gasteiger partial charge in [-0.15, -0.1) is 0 Å². The van der Waals surface area contributed by atoms with E-state index in [0.29, 0.717) is 164 Å². The Bertz CT molecular complexity index is 5220. The Kier molecular flexibility index (Phi) is 24.1. The number of rotatable bonds is 23. The number of carbonyl (C=O) groups is 3. The van der Waals surface area contributed by atoms with Crippen molar-refractivity contribution in [2.75, 3.05) is 174 Å². The molecule has 27 nitrogen and oxygen atoms in total. The lowest BCUT2D eigenvalue weighted by Crippen LogP contribution is -2.55. The molecule has 9 aliphatic heterocycles. The number of hydrogen-bond acceptors (Lipinski definition) is 24. The van der Waals surface area contributed by atoms with Crippen LogP contribution < -0.4 is 44.2 Å². The summed E-state index contributed by atoms with van der Waals surface area (Å²) in [5.74, 6) is -0.616. The summed E-state index contributed by atoms with van der Waals surface area (Å²) in [5.41, 5.74) is 8.59.